The average molecular weight is 379 g/mol. The van der Waals surface area contributed by atoms with Gasteiger partial charge in [-0.25, -0.2) is 0 Å². The van der Waals surface area contributed by atoms with Gasteiger partial charge >= 0.3 is 0 Å². The smallest absolute Gasteiger partial charge is 0.246 e. The van der Waals surface area contributed by atoms with Crippen LogP contribution >= 0.6 is 0 Å². The van der Waals surface area contributed by atoms with Crippen molar-refractivity contribution in [3.63, 3.8) is 0 Å². The lowest BCUT2D eigenvalue weighted by Crippen LogP contribution is -2.50. The molecule has 1 saturated heterocycles. The van der Waals surface area contributed by atoms with Crippen LogP contribution in [-0.2, 0) is 16.0 Å². The molecule has 0 aliphatic carbocycles. The lowest BCUT2D eigenvalue weighted by atomic mass is 10.1. The highest BCUT2D eigenvalue weighted by atomic mass is 16.5. The number of rotatable bonds is 6. The Bertz CT molecular complexity index is 811. The van der Waals surface area contributed by atoms with Crippen molar-refractivity contribution in [1.82, 2.24) is 14.8 Å². The Morgan fingerprint density at radius 2 is 1.75 bits per heavy atom. The fraction of sp³-hybridized carbons (Fsp3) is 0.318. The molecule has 6 heteroatoms. The van der Waals surface area contributed by atoms with Gasteiger partial charge in [0.05, 0.1) is 12.8 Å². The normalized spacial score (nSPS) is 14.3. The minimum Gasteiger partial charge on any atom is -0.497 e. The van der Waals surface area contributed by atoms with E-state index >= 15 is 0 Å². The fourth-order valence-corrected chi connectivity index (χ4v) is 3.11. The number of hydrogen-bond acceptors (Lipinski definition) is 4. The van der Waals surface area contributed by atoms with Crippen LogP contribution in [0.2, 0.25) is 0 Å². The maximum absolute atomic E-state index is 12.5. The van der Waals surface area contributed by atoms with Crippen molar-refractivity contribution in [3.8, 4) is 5.75 Å². The highest BCUT2D eigenvalue weighted by Crippen LogP contribution is 2.14. The van der Waals surface area contributed by atoms with Crippen LogP contribution in [0.15, 0.2) is 54.7 Å². The Hall–Kier alpha value is -3.15. The van der Waals surface area contributed by atoms with Gasteiger partial charge in [0, 0.05) is 44.9 Å². The first-order valence-electron chi connectivity index (χ1n) is 9.44. The van der Waals surface area contributed by atoms with E-state index in [0.29, 0.717) is 39.0 Å². The molecule has 0 unspecified atom stereocenters. The van der Waals surface area contributed by atoms with Crippen LogP contribution in [-0.4, -0.2) is 59.9 Å². The molecular formula is C22H25N3O3. The summed E-state index contributed by atoms with van der Waals surface area (Å²) >= 11 is 0. The van der Waals surface area contributed by atoms with Gasteiger partial charge in [0.15, 0.2) is 0 Å². The highest BCUT2D eigenvalue weighted by Gasteiger charge is 2.22. The van der Waals surface area contributed by atoms with Crippen LogP contribution in [0.25, 0.3) is 6.08 Å². The first kappa shape index (κ1) is 19.6. The van der Waals surface area contributed by atoms with Gasteiger partial charge in [-0.3, -0.25) is 14.6 Å². The van der Waals surface area contributed by atoms with Gasteiger partial charge in [-0.15, -0.1) is 0 Å². The quantitative estimate of drug-likeness (QED) is 0.723. The maximum Gasteiger partial charge on any atom is 0.246 e. The maximum atomic E-state index is 12.5. The van der Waals surface area contributed by atoms with E-state index in [1.807, 2.05) is 47.4 Å². The summed E-state index contributed by atoms with van der Waals surface area (Å²) < 4.78 is 5.15. The fourth-order valence-electron chi connectivity index (χ4n) is 3.11. The van der Waals surface area contributed by atoms with E-state index in [4.69, 9.17) is 4.74 Å². The molecule has 1 aliphatic rings. The summed E-state index contributed by atoms with van der Waals surface area (Å²) in [5.74, 6) is 0.899. The number of carbonyl (C=O) groups excluding carboxylic acids is 2. The summed E-state index contributed by atoms with van der Waals surface area (Å²) in [4.78, 5) is 32.5. The van der Waals surface area contributed by atoms with Gasteiger partial charge in [0.25, 0.3) is 0 Å². The van der Waals surface area contributed by atoms with E-state index in [-0.39, 0.29) is 11.8 Å². The second-order valence-corrected chi connectivity index (χ2v) is 6.64. The second-order valence-electron chi connectivity index (χ2n) is 6.64. The first-order valence-corrected chi connectivity index (χ1v) is 9.44. The number of nitrogens with zero attached hydrogens (tertiary/aromatic N) is 3. The number of carbonyl (C=O) groups is 2. The van der Waals surface area contributed by atoms with Crippen LogP contribution in [0, 0.1) is 0 Å². The molecule has 2 heterocycles. The van der Waals surface area contributed by atoms with Crippen LogP contribution in [0.4, 0.5) is 0 Å². The largest absolute Gasteiger partial charge is 0.497 e. The van der Waals surface area contributed by atoms with Crippen molar-refractivity contribution in [2.75, 3.05) is 33.3 Å². The van der Waals surface area contributed by atoms with Crippen LogP contribution in [0.1, 0.15) is 17.7 Å². The van der Waals surface area contributed by atoms with E-state index in [9.17, 15) is 9.59 Å². The molecule has 146 valence electrons. The first-order chi connectivity index (χ1) is 13.7. The van der Waals surface area contributed by atoms with Gasteiger partial charge in [0.1, 0.15) is 5.75 Å². The Balaban J connectivity index is 1.43. The number of aromatic nitrogens is 1. The molecule has 0 atom stereocenters. The molecular weight excluding hydrogens is 354 g/mol. The average Bonchev–Trinajstić information content (AvgIpc) is 2.77. The lowest BCUT2D eigenvalue weighted by molar-refractivity contribution is -0.137. The zero-order valence-electron chi connectivity index (χ0n) is 16.1. The Morgan fingerprint density at radius 1 is 1.04 bits per heavy atom. The van der Waals surface area contributed by atoms with Gasteiger partial charge in [0.2, 0.25) is 11.8 Å². The van der Waals surface area contributed by atoms with Gasteiger partial charge in [-0.1, -0.05) is 18.2 Å². The molecule has 2 amide bonds. The number of pyridine rings is 1. The molecule has 0 bridgehead atoms. The zero-order valence-corrected chi connectivity index (χ0v) is 16.1. The Labute approximate surface area is 165 Å². The molecule has 1 fully saturated rings. The Morgan fingerprint density at radius 3 is 2.39 bits per heavy atom. The third kappa shape index (κ3) is 5.42. The lowest BCUT2D eigenvalue weighted by Gasteiger charge is -2.34. The summed E-state index contributed by atoms with van der Waals surface area (Å²) in [6, 6.07) is 13.3. The van der Waals surface area contributed by atoms with E-state index in [0.717, 1.165) is 17.0 Å². The summed E-state index contributed by atoms with van der Waals surface area (Å²) in [6.07, 6.45) is 6.13. The van der Waals surface area contributed by atoms with Crippen molar-refractivity contribution in [2.45, 2.75) is 12.8 Å². The molecule has 0 N–H and O–H groups in total. The molecule has 6 nitrogen and oxygen atoms in total. The number of ether oxygens (including phenoxy) is 1. The number of methoxy groups -OCH3 is 1. The van der Waals surface area contributed by atoms with Gasteiger partial charge in [-0.05, 0) is 42.3 Å². The van der Waals surface area contributed by atoms with Crippen LogP contribution < -0.4 is 4.74 Å². The Kier molecular flexibility index (Phi) is 6.78. The minimum atomic E-state index is -0.0454. The molecule has 0 spiro atoms. The highest BCUT2D eigenvalue weighted by molar-refractivity contribution is 5.91. The SMILES string of the molecule is COc1ccc(CCC(=O)N2CCN(C(=O)C=Cc3ccccn3)CC2)cc1. The third-order valence-electron chi connectivity index (χ3n) is 4.82. The molecule has 1 aliphatic heterocycles. The molecule has 3 rings (SSSR count). The minimum absolute atomic E-state index is 0.0454. The van der Waals surface area contributed by atoms with Crippen molar-refractivity contribution in [3.05, 3.63) is 66.0 Å². The van der Waals surface area contributed by atoms with E-state index < -0.39 is 0 Å². The third-order valence-corrected chi connectivity index (χ3v) is 4.82. The summed E-state index contributed by atoms with van der Waals surface area (Å²) in [5.41, 5.74) is 1.87. The van der Waals surface area contributed by atoms with E-state index in [2.05, 4.69) is 4.98 Å². The molecule has 1 aromatic heterocycles. The summed E-state index contributed by atoms with van der Waals surface area (Å²) in [6.45, 7) is 2.26. The number of aryl methyl sites for hydroxylation is 1. The molecule has 0 saturated carbocycles. The van der Waals surface area contributed by atoms with E-state index in [1.54, 1.807) is 30.4 Å². The summed E-state index contributed by atoms with van der Waals surface area (Å²) in [7, 11) is 1.64. The molecule has 1 aromatic carbocycles. The summed E-state index contributed by atoms with van der Waals surface area (Å²) in [5, 5.41) is 0. The van der Waals surface area contributed by atoms with Crippen molar-refractivity contribution < 1.29 is 14.3 Å². The predicted octanol–water partition coefficient (Wildman–Crippen LogP) is 2.41. The molecule has 2 aromatic rings. The standard InChI is InChI=1S/C22H25N3O3/c1-28-20-9-5-18(6-10-20)7-11-21(26)24-14-16-25(17-15-24)22(27)12-8-19-4-2-3-13-23-19/h2-6,8-10,12-13H,7,11,14-17H2,1H3. The van der Waals surface area contributed by atoms with Crippen molar-refractivity contribution >= 4 is 17.9 Å². The zero-order chi connectivity index (χ0) is 19.8. The van der Waals surface area contributed by atoms with Crippen LogP contribution in [0.3, 0.4) is 0 Å². The van der Waals surface area contributed by atoms with E-state index in [1.165, 1.54) is 0 Å². The second kappa shape index (κ2) is 9.69. The van der Waals surface area contributed by atoms with Crippen molar-refractivity contribution in [2.24, 2.45) is 0 Å². The molecule has 0 radical (unpaired) electrons. The predicted molar refractivity (Wildman–Crippen MR) is 108 cm³/mol. The van der Waals surface area contributed by atoms with Crippen molar-refractivity contribution in [1.29, 1.82) is 0 Å². The molecule has 28 heavy (non-hydrogen) atoms. The number of hydrogen-bond donors (Lipinski definition) is 0. The number of benzene rings is 1. The topological polar surface area (TPSA) is 62.7 Å². The van der Waals surface area contributed by atoms with Gasteiger partial charge < -0.3 is 14.5 Å². The number of piperazine rings is 1. The monoisotopic (exact) mass is 379 g/mol. The van der Waals surface area contributed by atoms with Crippen LogP contribution in [0.5, 0.6) is 5.75 Å². The van der Waals surface area contributed by atoms with Gasteiger partial charge in [-0.2, -0.15) is 0 Å². The number of amides is 2.